The molecule has 0 saturated carbocycles. The molecule has 0 aliphatic heterocycles. The minimum atomic E-state index is -0.724. The number of esters is 2. The quantitative estimate of drug-likeness (QED) is 0.262. The molecule has 0 aliphatic carbocycles. The molecule has 0 radical (unpaired) electrons. The molecular weight excluding hydrogens is 420 g/mol. The number of rotatable bonds is 10. The molecule has 2 unspecified atom stereocenters. The van der Waals surface area contributed by atoms with Gasteiger partial charge in [-0.2, -0.15) is 0 Å². The monoisotopic (exact) mass is 452 g/mol. The lowest BCUT2D eigenvalue weighted by atomic mass is 9.78. The highest BCUT2D eigenvalue weighted by atomic mass is 16.7. The van der Waals surface area contributed by atoms with Gasteiger partial charge < -0.3 is 18.9 Å². The number of ether oxygens (including phenoxy) is 4. The summed E-state index contributed by atoms with van der Waals surface area (Å²) in [6, 6.07) is 15.3. The summed E-state index contributed by atoms with van der Waals surface area (Å²) < 4.78 is 21.6. The molecule has 33 heavy (non-hydrogen) atoms. The second kappa shape index (κ2) is 10.9. The van der Waals surface area contributed by atoms with E-state index in [1.807, 2.05) is 48.5 Å². The standard InChI is InChI=1S/C27H32O6/c1-17(2)25(28)32-19(5)30-23-13-9-21(10-14-23)27(7,8)22-11-15-24(16-12-22)31-20(6)33-26(29)18(3)4/h9-16,19-20H,1,3H2,2,4-8H3. The molecule has 0 aliphatic rings. The molecule has 0 fully saturated rings. The Morgan fingerprint density at radius 2 is 1.00 bits per heavy atom. The van der Waals surface area contributed by atoms with Crippen molar-refractivity contribution >= 4 is 11.9 Å². The van der Waals surface area contributed by atoms with E-state index in [0.29, 0.717) is 22.6 Å². The minimum Gasteiger partial charge on any atom is -0.455 e. The van der Waals surface area contributed by atoms with E-state index in [4.69, 9.17) is 18.9 Å². The van der Waals surface area contributed by atoms with Gasteiger partial charge in [0.2, 0.25) is 12.6 Å². The predicted octanol–water partition coefficient (Wildman–Crippen LogP) is 5.70. The number of carbonyl (C=O) groups excluding carboxylic acids is 2. The van der Waals surface area contributed by atoms with Gasteiger partial charge in [0.05, 0.1) is 0 Å². The molecule has 2 aromatic rings. The third-order valence-corrected chi connectivity index (χ3v) is 5.00. The van der Waals surface area contributed by atoms with Crippen LogP contribution in [0.15, 0.2) is 72.8 Å². The number of hydrogen-bond donors (Lipinski definition) is 0. The first-order valence-electron chi connectivity index (χ1n) is 10.7. The Labute approximate surface area is 195 Å². The average Bonchev–Trinajstić information content (AvgIpc) is 2.74. The molecule has 0 bridgehead atoms. The van der Waals surface area contributed by atoms with Gasteiger partial charge in [-0.15, -0.1) is 0 Å². The van der Waals surface area contributed by atoms with E-state index < -0.39 is 24.5 Å². The Morgan fingerprint density at radius 1 is 0.697 bits per heavy atom. The molecular formula is C27H32O6. The predicted molar refractivity (Wildman–Crippen MR) is 127 cm³/mol. The number of carbonyl (C=O) groups is 2. The van der Waals surface area contributed by atoms with Gasteiger partial charge in [-0.3, -0.25) is 0 Å². The fourth-order valence-electron chi connectivity index (χ4n) is 3.00. The largest absolute Gasteiger partial charge is 0.455 e. The van der Waals surface area contributed by atoms with Gasteiger partial charge in [-0.25, -0.2) is 9.59 Å². The van der Waals surface area contributed by atoms with E-state index >= 15 is 0 Å². The van der Waals surface area contributed by atoms with Gasteiger partial charge in [0.25, 0.3) is 0 Å². The van der Waals surface area contributed by atoms with Crippen molar-refractivity contribution in [2.45, 2.75) is 59.5 Å². The summed E-state index contributed by atoms with van der Waals surface area (Å²) in [5.74, 6) is 0.212. The molecule has 0 spiro atoms. The molecule has 2 rings (SSSR count). The van der Waals surface area contributed by atoms with E-state index in [2.05, 4.69) is 27.0 Å². The maximum atomic E-state index is 11.6. The van der Waals surface area contributed by atoms with Crippen molar-refractivity contribution in [1.29, 1.82) is 0 Å². The average molecular weight is 453 g/mol. The molecule has 0 amide bonds. The van der Waals surface area contributed by atoms with Gasteiger partial charge >= 0.3 is 11.9 Å². The Morgan fingerprint density at radius 3 is 1.27 bits per heavy atom. The van der Waals surface area contributed by atoms with Crippen molar-refractivity contribution in [2.75, 3.05) is 0 Å². The maximum absolute atomic E-state index is 11.6. The van der Waals surface area contributed by atoms with Gasteiger partial charge in [0, 0.05) is 30.4 Å². The first-order chi connectivity index (χ1) is 15.4. The van der Waals surface area contributed by atoms with E-state index in [1.165, 1.54) is 0 Å². The number of hydrogen-bond acceptors (Lipinski definition) is 6. The molecule has 0 aromatic heterocycles. The minimum absolute atomic E-state index is 0.285. The van der Waals surface area contributed by atoms with E-state index in [0.717, 1.165) is 11.1 Å². The van der Waals surface area contributed by atoms with Crippen molar-refractivity contribution in [3.63, 3.8) is 0 Å². The third-order valence-electron chi connectivity index (χ3n) is 5.00. The molecule has 0 saturated heterocycles. The van der Waals surface area contributed by atoms with E-state index in [-0.39, 0.29) is 5.41 Å². The van der Waals surface area contributed by atoms with Crippen molar-refractivity contribution in [1.82, 2.24) is 0 Å². The highest BCUT2D eigenvalue weighted by Crippen LogP contribution is 2.33. The summed E-state index contributed by atoms with van der Waals surface area (Å²) >= 11 is 0. The molecule has 6 nitrogen and oxygen atoms in total. The van der Waals surface area contributed by atoms with Crippen LogP contribution in [0.4, 0.5) is 0 Å². The summed E-state index contributed by atoms with van der Waals surface area (Å²) in [5, 5.41) is 0. The second-order valence-electron chi connectivity index (χ2n) is 8.42. The highest BCUT2D eigenvalue weighted by molar-refractivity contribution is 5.87. The summed E-state index contributed by atoms with van der Waals surface area (Å²) in [4.78, 5) is 23.2. The molecule has 6 heteroatoms. The summed E-state index contributed by atoms with van der Waals surface area (Å²) in [5.41, 5.74) is 2.52. The SMILES string of the molecule is C=C(C)C(=O)OC(C)Oc1ccc(C(C)(C)c2ccc(OC(C)OC(=O)C(=C)C)cc2)cc1. The van der Waals surface area contributed by atoms with Crippen molar-refractivity contribution in [3.05, 3.63) is 84.0 Å². The van der Waals surface area contributed by atoms with Crippen LogP contribution in [0.1, 0.15) is 52.7 Å². The lowest BCUT2D eigenvalue weighted by Gasteiger charge is -2.27. The van der Waals surface area contributed by atoms with Crippen molar-refractivity contribution in [2.24, 2.45) is 0 Å². The molecule has 2 aromatic carbocycles. The maximum Gasteiger partial charge on any atom is 0.336 e. The summed E-state index contributed by atoms with van der Waals surface area (Å²) in [6.07, 6.45) is -1.45. The fourth-order valence-corrected chi connectivity index (χ4v) is 3.00. The van der Waals surface area contributed by atoms with Crippen LogP contribution in [-0.2, 0) is 24.5 Å². The second-order valence-corrected chi connectivity index (χ2v) is 8.42. The lowest BCUT2D eigenvalue weighted by Crippen LogP contribution is -2.22. The summed E-state index contributed by atoms with van der Waals surface area (Å²) in [7, 11) is 0. The van der Waals surface area contributed by atoms with Crippen LogP contribution in [0.3, 0.4) is 0 Å². The van der Waals surface area contributed by atoms with Crippen LogP contribution in [0, 0.1) is 0 Å². The van der Waals surface area contributed by atoms with Gasteiger partial charge in [-0.05, 0) is 49.2 Å². The van der Waals surface area contributed by atoms with E-state index in [1.54, 1.807) is 27.7 Å². The molecule has 0 heterocycles. The first-order valence-corrected chi connectivity index (χ1v) is 10.7. The molecule has 2 atom stereocenters. The van der Waals surface area contributed by atoms with Crippen molar-refractivity contribution in [3.8, 4) is 11.5 Å². The van der Waals surface area contributed by atoms with Gasteiger partial charge in [0.15, 0.2) is 0 Å². The Kier molecular flexibility index (Phi) is 8.46. The number of benzene rings is 2. The first kappa shape index (κ1) is 25.7. The Balaban J connectivity index is 2.04. The van der Waals surface area contributed by atoms with E-state index in [9.17, 15) is 9.59 Å². The Bertz CT molecular complexity index is 920. The van der Waals surface area contributed by atoms with Crippen LogP contribution >= 0.6 is 0 Å². The van der Waals surface area contributed by atoms with Crippen LogP contribution in [0.25, 0.3) is 0 Å². The van der Waals surface area contributed by atoms with Gasteiger partial charge in [0.1, 0.15) is 11.5 Å². The molecule has 176 valence electrons. The summed E-state index contributed by atoms with van der Waals surface area (Å²) in [6.45, 7) is 17.8. The van der Waals surface area contributed by atoms with Crippen LogP contribution < -0.4 is 9.47 Å². The van der Waals surface area contributed by atoms with Crippen LogP contribution in [-0.4, -0.2) is 24.5 Å². The zero-order chi connectivity index (χ0) is 24.8. The van der Waals surface area contributed by atoms with Crippen LogP contribution in [0.5, 0.6) is 11.5 Å². The normalized spacial score (nSPS) is 12.8. The third kappa shape index (κ3) is 7.24. The smallest absolute Gasteiger partial charge is 0.336 e. The highest BCUT2D eigenvalue weighted by Gasteiger charge is 2.23. The fraction of sp³-hybridized carbons (Fsp3) is 0.333. The zero-order valence-corrected chi connectivity index (χ0v) is 20.1. The van der Waals surface area contributed by atoms with Crippen LogP contribution in [0.2, 0.25) is 0 Å². The van der Waals surface area contributed by atoms with Crippen molar-refractivity contribution < 1.29 is 28.5 Å². The molecule has 0 N–H and O–H groups in total. The van der Waals surface area contributed by atoms with Gasteiger partial charge in [-0.1, -0.05) is 51.3 Å². The topological polar surface area (TPSA) is 71.1 Å². The Hall–Kier alpha value is -3.54. The lowest BCUT2D eigenvalue weighted by molar-refractivity contribution is -0.157. The zero-order valence-electron chi connectivity index (χ0n) is 20.1.